The Bertz CT molecular complexity index is 1500. The van der Waals surface area contributed by atoms with Crippen LogP contribution in [0.25, 0.3) is 11.1 Å². The molecule has 7 heteroatoms. The van der Waals surface area contributed by atoms with Crippen LogP contribution in [0.3, 0.4) is 0 Å². The number of esters is 1. The molecule has 0 spiro atoms. The van der Waals surface area contributed by atoms with Gasteiger partial charge in [-0.2, -0.15) is 0 Å². The van der Waals surface area contributed by atoms with Crippen LogP contribution in [0.4, 0.5) is 5.69 Å². The maximum Gasteiger partial charge on any atom is 0.307 e. The fraction of sp³-hybridized carbons (Fsp3) is 0.364. The van der Waals surface area contributed by atoms with Crippen LogP contribution in [0.15, 0.2) is 60.7 Å². The van der Waals surface area contributed by atoms with Crippen LogP contribution >= 0.6 is 0 Å². The number of hydrogen-bond acceptors (Lipinski definition) is 6. The third kappa shape index (κ3) is 8.12. The standard InChI is InChI=1S/C33H37NO5S/c1-4-7-27(22-33(35)38-2)25-12-14-29(15-13-25)34-23-24-10-11-26-8-5-9-28-21-30(16-17-31(28)32(26)20-24)39-18-6-19-40(3,36)37/h10-17,20-21,27,34H,5-6,8-9,18-19,22-23H2,1-3H3/t27-/m0/s1. The second kappa shape index (κ2) is 13.5. The summed E-state index contributed by atoms with van der Waals surface area (Å²) in [6, 6.07) is 21.0. The van der Waals surface area contributed by atoms with Crippen molar-refractivity contribution in [2.45, 2.75) is 51.5 Å². The number of sulfone groups is 1. The number of rotatable bonds is 11. The van der Waals surface area contributed by atoms with Crippen molar-refractivity contribution in [3.05, 3.63) is 82.9 Å². The van der Waals surface area contributed by atoms with Crippen molar-refractivity contribution in [2.24, 2.45) is 0 Å². The van der Waals surface area contributed by atoms with Crippen LogP contribution in [0.1, 0.15) is 54.4 Å². The van der Waals surface area contributed by atoms with Gasteiger partial charge in [0.2, 0.25) is 0 Å². The van der Waals surface area contributed by atoms with Crippen molar-refractivity contribution in [1.82, 2.24) is 0 Å². The molecule has 0 heterocycles. The fourth-order valence-corrected chi connectivity index (χ4v) is 5.67. The number of anilines is 1. The highest BCUT2D eigenvalue weighted by Gasteiger charge is 2.17. The molecule has 3 aromatic carbocycles. The zero-order valence-electron chi connectivity index (χ0n) is 23.5. The minimum Gasteiger partial charge on any atom is -0.494 e. The van der Waals surface area contributed by atoms with E-state index in [1.807, 2.05) is 30.3 Å². The predicted octanol–water partition coefficient (Wildman–Crippen LogP) is 5.94. The summed E-state index contributed by atoms with van der Waals surface area (Å²) < 4.78 is 33.4. The second-order valence-corrected chi connectivity index (χ2v) is 12.5. The Morgan fingerprint density at radius 3 is 2.50 bits per heavy atom. The molecule has 6 nitrogen and oxygen atoms in total. The number of nitrogens with one attached hydrogen (secondary N) is 1. The molecule has 0 bridgehead atoms. The number of benzene rings is 3. The molecule has 0 saturated carbocycles. The Labute approximate surface area is 238 Å². The summed E-state index contributed by atoms with van der Waals surface area (Å²) in [5, 5.41) is 3.52. The van der Waals surface area contributed by atoms with Gasteiger partial charge in [-0.05, 0) is 96.3 Å². The van der Waals surface area contributed by atoms with E-state index in [9.17, 15) is 13.2 Å². The zero-order valence-corrected chi connectivity index (χ0v) is 24.3. The van der Waals surface area contributed by atoms with Gasteiger partial charge in [0.15, 0.2) is 0 Å². The Morgan fingerprint density at radius 1 is 1.00 bits per heavy atom. The molecule has 1 N–H and O–H groups in total. The Hall–Kier alpha value is -3.76. The quantitative estimate of drug-likeness (QED) is 0.178. The lowest BCUT2D eigenvalue weighted by Crippen LogP contribution is -2.08. The molecule has 1 aliphatic carbocycles. The van der Waals surface area contributed by atoms with Crippen LogP contribution in [-0.4, -0.2) is 40.1 Å². The van der Waals surface area contributed by atoms with Gasteiger partial charge < -0.3 is 14.8 Å². The lowest BCUT2D eigenvalue weighted by Gasteiger charge is -2.15. The molecule has 0 unspecified atom stereocenters. The minimum atomic E-state index is -2.98. The molecule has 0 aliphatic heterocycles. The second-order valence-electron chi connectivity index (χ2n) is 10.2. The topological polar surface area (TPSA) is 81.7 Å². The van der Waals surface area contributed by atoms with Crippen LogP contribution in [0.2, 0.25) is 0 Å². The fourth-order valence-electron chi connectivity index (χ4n) is 5.03. The third-order valence-electron chi connectivity index (χ3n) is 7.09. The van der Waals surface area contributed by atoms with E-state index in [1.54, 1.807) is 6.92 Å². The Balaban J connectivity index is 1.43. The van der Waals surface area contributed by atoms with E-state index in [2.05, 4.69) is 47.5 Å². The van der Waals surface area contributed by atoms with Crippen LogP contribution in [0, 0.1) is 11.8 Å². The summed E-state index contributed by atoms with van der Waals surface area (Å²) in [5.41, 5.74) is 8.28. The van der Waals surface area contributed by atoms with Gasteiger partial charge in [0.25, 0.3) is 0 Å². The summed E-state index contributed by atoms with van der Waals surface area (Å²) >= 11 is 0. The number of aryl methyl sites for hydroxylation is 2. The SMILES string of the molecule is CC#C[C@@H](CC(=O)OC)c1ccc(NCc2ccc3c(c2)-c2ccc(OCCCS(C)(=O)=O)cc2CCC3)cc1. The average molecular weight is 560 g/mol. The molecule has 3 aromatic rings. The summed E-state index contributed by atoms with van der Waals surface area (Å²) in [5.74, 6) is 6.48. The summed E-state index contributed by atoms with van der Waals surface area (Å²) in [6.07, 6.45) is 5.04. The van der Waals surface area contributed by atoms with Gasteiger partial charge in [-0.25, -0.2) is 8.42 Å². The predicted molar refractivity (Wildman–Crippen MR) is 160 cm³/mol. The number of fused-ring (bicyclic) bond motifs is 3. The normalized spacial score (nSPS) is 13.1. The van der Waals surface area contributed by atoms with Crippen LogP contribution in [0.5, 0.6) is 5.75 Å². The first-order valence-electron chi connectivity index (χ1n) is 13.6. The van der Waals surface area contributed by atoms with Gasteiger partial charge >= 0.3 is 5.97 Å². The molecule has 40 heavy (non-hydrogen) atoms. The largest absolute Gasteiger partial charge is 0.494 e. The molecule has 0 saturated heterocycles. The van der Waals surface area contributed by atoms with E-state index >= 15 is 0 Å². The van der Waals surface area contributed by atoms with Crippen LogP contribution in [-0.2, 0) is 38.8 Å². The Kier molecular flexibility index (Phi) is 9.89. The van der Waals surface area contributed by atoms with E-state index in [0.717, 1.165) is 36.3 Å². The van der Waals surface area contributed by atoms with Gasteiger partial charge in [-0.1, -0.05) is 36.3 Å². The van der Waals surface area contributed by atoms with E-state index in [4.69, 9.17) is 9.47 Å². The molecular formula is C33H37NO5S. The molecule has 1 atom stereocenters. The highest BCUT2D eigenvalue weighted by molar-refractivity contribution is 7.90. The average Bonchev–Trinajstić information content (AvgIpc) is 3.12. The number of carbonyl (C=O) groups excluding carboxylic acids is 1. The van der Waals surface area contributed by atoms with Gasteiger partial charge in [-0.3, -0.25) is 4.79 Å². The molecule has 0 fully saturated rings. The van der Waals surface area contributed by atoms with Gasteiger partial charge in [0, 0.05) is 18.5 Å². The van der Waals surface area contributed by atoms with Crippen LogP contribution < -0.4 is 10.1 Å². The number of hydrogen-bond donors (Lipinski definition) is 1. The minimum absolute atomic E-state index is 0.135. The zero-order chi connectivity index (χ0) is 28.5. The Morgan fingerprint density at radius 2 is 1.77 bits per heavy atom. The molecule has 0 radical (unpaired) electrons. The highest BCUT2D eigenvalue weighted by Crippen LogP contribution is 2.35. The van der Waals surface area contributed by atoms with Crippen molar-refractivity contribution < 1.29 is 22.7 Å². The van der Waals surface area contributed by atoms with Gasteiger partial charge in [0.1, 0.15) is 15.6 Å². The van der Waals surface area contributed by atoms with Crippen molar-refractivity contribution >= 4 is 21.5 Å². The van der Waals surface area contributed by atoms with Crippen molar-refractivity contribution in [3.8, 4) is 28.7 Å². The smallest absolute Gasteiger partial charge is 0.307 e. The maximum absolute atomic E-state index is 11.8. The summed E-state index contributed by atoms with van der Waals surface area (Å²) in [7, 11) is -1.58. The van der Waals surface area contributed by atoms with E-state index < -0.39 is 9.84 Å². The molecule has 1 aliphatic rings. The summed E-state index contributed by atoms with van der Waals surface area (Å²) in [4.78, 5) is 11.8. The van der Waals surface area contributed by atoms with E-state index in [0.29, 0.717) is 19.6 Å². The third-order valence-corrected chi connectivity index (χ3v) is 8.12. The number of methoxy groups -OCH3 is 1. The van der Waals surface area contributed by atoms with E-state index in [-0.39, 0.29) is 24.1 Å². The molecule has 4 rings (SSSR count). The van der Waals surface area contributed by atoms with Crippen molar-refractivity contribution in [1.29, 1.82) is 0 Å². The number of ether oxygens (including phenoxy) is 2. The lowest BCUT2D eigenvalue weighted by molar-refractivity contribution is -0.140. The molecular weight excluding hydrogens is 522 g/mol. The first-order valence-corrected chi connectivity index (χ1v) is 15.7. The first-order chi connectivity index (χ1) is 19.3. The van der Waals surface area contributed by atoms with Gasteiger partial charge in [0.05, 0.1) is 31.8 Å². The number of carbonyl (C=O) groups is 1. The molecule has 210 valence electrons. The van der Waals surface area contributed by atoms with Crippen molar-refractivity contribution in [3.63, 3.8) is 0 Å². The molecule has 0 aromatic heterocycles. The monoisotopic (exact) mass is 559 g/mol. The summed E-state index contributed by atoms with van der Waals surface area (Å²) in [6.45, 7) is 2.84. The van der Waals surface area contributed by atoms with Gasteiger partial charge in [-0.15, -0.1) is 5.92 Å². The molecule has 0 amide bonds. The lowest BCUT2D eigenvalue weighted by atomic mass is 9.94. The maximum atomic E-state index is 11.8. The van der Waals surface area contributed by atoms with Crippen molar-refractivity contribution in [2.75, 3.05) is 31.0 Å². The first kappa shape index (κ1) is 29.2. The van der Waals surface area contributed by atoms with E-state index in [1.165, 1.54) is 41.2 Å². The highest BCUT2D eigenvalue weighted by atomic mass is 32.2.